The SMILES string of the molecule is CCC(=O)Nc1cc(C(=O)O)cc(C)n1. The van der Waals surface area contributed by atoms with Gasteiger partial charge in [-0.05, 0) is 19.1 Å². The van der Waals surface area contributed by atoms with Gasteiger partial charge in [-0.3, -0.25) is 4.79 Å². The summed E-state index contributed by atoms with van der Waals surface area (Å²) in [6, 6.07) is 2.78. The van der Waals surface area contributed by atoms with Crippen molar-refractivity contribution in [3.8, 4) is 0 Å². The smallest absolute Gasteiger partial charge is 0.335 e. The van der Waals surface area contributed by atoms with Crippen LogP contribution in [0.2, 0.25) is 0 Å². The molecule has 0 atom stereocenters. The third-order valence-electron chi connectivity index (χ3n) is 1.79. The molecular weight excluding hydrogens is 196 g/mol. The summed E-state index contributed by atoms with van der Waals surface area (Å²) in [6.45, 7) is 3.39. The summed E-state index contributed by atoms with van der Waals surface area (Å²) in [5.74, 6) is -0.948. The second-order valence-electron chi connectivity index (χ2n) is 3.09. The average Bonchev–Trinajstić information content (AvgIpc) is 2.16. The highest BCUT2D eigenvalue weighted by Gasteiger charge is 2.07. The van der Waals surface area contributed by atoms with E-state index in [2.05, 4.69) is 10.3 Å². The summed E-state index contributed by atoms with van der Waals surface area (Å²) >= 11 is 0. The highest BCUT2D eigenvalue weighted by molar-refractivity contribution is 5.92. The molecule has 0 aliphatic heterocycles. The predicted molar refractivity (Wildman–Crippen MR) is 54.9 cm³/mol. The van der Waals surface area contributed by atoms with Crippen molar-refractivity contribution in [1.29, 1.82) is 0 Å². The van der Waals surface area contributed by atoms with Gasteiger partial charge in [-0.1, -0.05) is 6.92 Å². The number of pyridine rings is 1. The van der Waals surface area contributed by atoms with E-state index in [1.54, 1.807) is 13.8 Å². The number of amides is 1. The van der Waals surface area contributed by atoms with E-state index in [4.69, 9.17) is 5.11 Å². The maximum atomic E-state index is 11.1. The Labute approximate surface area is 87.1 Å². The molecule has 1 amide bonds. The molecule has 0 aliphatic carbocycles. The number of anilines is 1. The minimum atomic E-state index is -1.03. The van der Waals surface area contributed by atoms with Gasteiger partial charge in [-0.25, -0.2) is 9.78 Å². The average molecular weight is 208 g/mol. The molecule has 15 heavy (non-hydrogen) atoms. The quantitative estimate of drug-likeness (QED) is 0.787. The third kappa shape index (κ3) is 3.05. The Hall–Kier alpha value is -1.91. The van der Waals surface area contributed by atoms with Gasteiger partial charge in [0.2, 0.25) is 5.91 Å². The molecule has 5 heteroatoms. The van der Waals surface area contributed by atoms with Crippen LogP contribution in [0.3, 0.4) is 0 Å². The van der Waals surface area contributed by atoms with Gasteiger partial charge >= 0.3 is 5.97 Å². The Kier molecular flexibility index (Phi) is 3.38. The summed E-state index contributed by atoms with van der Waals surface area (Å²) in [5.41, 5.74) is 0.676. The Bertz CT molecular complexity index is 402. The fourth-order valence-electron chi connectivity index (χ4n) is 1.09. The van der Waals surface area contributed by atoms with Crippen molar-refractivity contribution in [2.24, 2.45) is 0 Å². The number of rotatable bonds is 3. The number of carboxylic acid groups (broad SMARTS) is 1. The molecule has 1 aromatic heterocycles. The van der Waals surface area contributed by atoms with E-state index in [-0.39, 0.29) is 17.3 Å². The fraction of sp³-hybridized carbons (Fsp3) is 0.300. The Morgan fingerprint density at radius 1 is 1.47 bits per heavy atom. The highest BCUT2D eigenvalue weighted by atomic mass is 16.4. The number of carbonyl (C=O) groups excluding carboxylic acids is 1. The number of nitrogens with one attached hydrogen (secondary N) is 1. The first-order valence-corrected chi connectivity index (χ1v) is 4.54. The van der Waals surface area contributed by atoms with Crippen LogP contribution in [0.1, 0.15) is 29.4 Å². The van der Waals surface area contributed by atoms with Crippen LogP contribution in [-0.2, 0) is 4.79 Å². The number of hydrogen-bond donors (Lipinski definition) is 2. The second kappa shape index (κ2) is 4.54. The van der Waals surface area contributed by atoms with Gasteiger partial charge in [0.1, 0.15) is 5.82 Å². The fourth-order valence-corrected chi connectivity index (χ4v) is 1.09. The van der Waals surface area contributed by atoms with Crippen LogP contribution in [0.4, 0.5) is 5.82 Å². The molecule has 0 bridgehead atoms. The zero-order valence-corrected chi connectivity index (χ0v) is 8.57. The van der Waals surface area contributed by atoms with Crippen LogP contribution in [0.5, 0.6) is 0 Å². The minimum absolute atomic E-state index is 0.119. The minimum Gasteiger partial charge on any atom is -0.478 e. The van der Waals surface area contributed by atoms with Crippen LogP contribution in [0.25, 0.3) is 0 Å². The first-order valence-electron chi connectivity index (χ1n) is 4.54. The van der Waals surface area contributed by atoms with Crippen LogP contribution >= 0.6 is 0 Å². The lowest BCUT2D eigenvalue weighted by atomic mass is 10.2. The van der Waals surface area contributed by atoms with Crippen molar-refractivity contribution >= 4 is 17.7 Å². The zero-order chi connectivity index (χ0) is 11.4. The van der Waals surface area contributed by atoms with E-state index in [0.29, 0.717) is 12.1 Å². The van der Waals surface area contributed by atoms with Crippen molar-refractivity contribution in [2.45, 2.75) is 20.3 Å². The largest absolute Gasteiger partial charge is 0.478 e. The van der Waals surface area contributed by atoms with Crippen LogP contribution in [-0.4, -0.2) is 22.0 Å². The van der Waals surface area contributed by atoms with E-state index in [1.807, 2.05) is 0 Å². The summed E-state index contributed by atoms with van der Waals surface area (Å²) < 4.78 is 0. The molecule has 1 rings (SSSR count). The summed E-state index contributed by atoms with van der Waals surface area (Å²) in [4.78, 5) is 25.8. The predicted octanol–water partition coefficient (Wildman–Crippen LogP) is 1.44. The van der Waals surface area contributed by atoms with E-state index in [9.17, 15) is 9.59 Å². The normalized spacial score (nSPS) is 9.73. The van der Waals surface area contributed by atoms with Crippen molar-refractivity contribution in [3.05, 3.63) is 23.4 Å². The Morgan fingerprint density at radius 2 is 2.13 bits per heavy atom. The molecule has 0 fully saturated rings. The van der Waals surface area contributed by atoms with Crippen molar-refractivity contribution < 1.29 is 14.7 Å². The highest BCUT2D eigenvalue weighted by Crippen LogP contribution is 2.10. The first-order chi connectivity index (χ1) is 7.02. The molecule has 0 spiro atoms. The lowest BCUT2D eigenvalue weighted by Gasteiger charge is -2.04. The third-order valence-corrected chi connectivity index (χ3v) is 1.79. The van der Waals surface area contributed by atoms with Gasteiger partial charge in [0, 0.05) is 12.1 Å². The van der Waals surface area contributed by atoms with Gasteiger partial charge in [0.05, 0.1) is 5.56 Å². The standard InChI is InChI=1S/C10H12N2O3/c1-3-9(13)12-8-5-7(10(14)15)4-6(2)11-8/h4-5H,3H2,1-2H3,(H,14,15)(H,11,12,13). The maximum absolute atomic E-state index is 11.1. The number of carbonyl (C=O) groups is 2. The molecule has 5 nitrogen and oxygen atoms in total. The van der Waals surface area contributed by atoms with Gasteiger partial charge in [0.25, 0.3) is 0 Å². The molecule has 80 valence electrons. The molecule has 1 heterocycles. The number of nitrogens with zero attached hydrogens (tertiary/aromatic N) is 1. The van der Waals surface area contributed by atoms with Gasteiger partial charge in [0.15, 0.2) is 0 Å². The lowest BCUT2D eigenvalue weighted by molar-refractivity contribution is -0.115. The summed E-state index contributed by atoms with van der Waals surface area (Å²) in [5, 5.41) is 11.3. The Balaban J connectivity index is 2.98. The molecule has 0 radical (unpaired) electrons. The van der Waals surface area contributed by atoms with Crippen LogP contribution < -0.4 is 5.32 Å². The topological polar surface area (TPSA) is 79.3 Å². The first kappa shape index (κ1) is 11.2. The second-order valence-corrected chi connectivity index (χ2v) is 3.09. The van der Waals surface area contributed by atoms with E-state index in [1.165, 1.54) is 12.1 Å². The molecule has 0 unspecified atom stereocenters. The molecule has 0 saturated carbocycles. The Morgan fingerprint density at radius 3 is 2.67 bits per heavy atom. The van der Waals surface area contributed by atoms with Crippen molar-refractivity contribution in [1.82, 2.24) is 4.98 Å². The van der Waals surface area contributed by atoms with Crippen LogP contribution in [0, 0.1) is 6.92 Å². The van der Waals surface area contributed by atoms with Crippen molar-refractivity contribution in [2.75, 3.05) is 5.32 Å². The molecule has 1 aromatic rings. The van der Waals surface area contributed by atoms with Gasteiger partial charge in [-0.15, -0.1) is 0 Å². The number of aryl methyl sites for hydroxylation is 1. The molecule has 0 aliphatic rings. The van der Waals surface area contributed by atoms with E-state index >= 15 is 0 Å². The van der Waals surface area contributed by atoms with Gasteiger partial charge in [-0.2, -0.15) is 0 Å². The number of aromatic carboxylic acids is 1. The monoisotopic (exact) mass is 208 g/mol. The van der Waals surface area contributed by atoms with E-state index < -0.39 is 5.97 Å². The number of carboxylic acids is 1. The summed E-state index contributed by atoms with van der Waals surface area (Å²) in [7, 11) is 0. The summed E-state index contributed by atoms with van der Waals surface area (Å²) in [6.07, 6.45) is 0.331. The molecule has 0 aromatic carbocycles. The van der Waals surface area contributed by atoms with E-state index in [0.717, 1.165) is 0 Å². The number of aromatic nitrogens is 1. The molecule has 0 saturated heterocycles. The number of hydrogen-bond acceptors (Lipinski definition) is 3. The zero-order valence-electron chi connectivity index (χ0n) is 8.57. The lowest BCUT2D eigenvalue weighted by Crippen LogP contribution is -2.12. The molecular formula is C10H12N2O3. The maximum Gasteiger partial charge on any atom is 0.335 e. The van der Waals surface area contributed by atoms with Crippen LogP contribution in [0.15, 0.2) is 12.1 Å². The molecule has 2 N–H and O–H groups in total. The van der Waals surface area contributed by atoms with Gasteiger partial charge < -0.3 is 10.4 Å². The van der Waals surface area contributed by atoms with Crippen molar-refractivity contribution in [3.63, 3.8) is 0 Å².